The summed E-state index contributed by atoms with van der Waals surface area (Å²) in [5.74, 6) is -2.38. The molecule has 2 amide bonds. The highest BCUT2D eigenvalue weighted by Crippen LogP contribution is 2.32. The summed E-state index contributed by atoms with van der Waals surface area (Å²) in [5, 5.41) is 3.33. The Hall–Kier alpha value is -5.18. The van der Waals surface area contributed by atoms with Crippen LogP contribution >= 0.6 is 0 Å². The third-order valence-corrected chi connectivity index (χ3v) is 5.56. The van der Waals surface area contributed by atoms with E-state index in [1.54, 1.807) is 54.7 Å². The minimum atomic E-state index is -1.43. The molecule has 2 aromatic heterocycles. The van der Waals surface area contributed by atoms with E-state index in [1.165, 1.54) is 18.3 Å². The van der Waals surface area contributed by atoms with Gasteiger partial charge in [0.2, 0.25) is 11.8 Å². The Kier molecular flexibility index (Phi) is 6.50. The van der Waals surface area contributed by atoms with Crippen LogP contribution in [0.5, 0.6) is 23.0 Å². The summed E-state index contributed by atoms with van der Waals surface area (Å²) < 4.78 is 26.5. The normalized spacial score (nSPS) is 11.6. The number of hydrogen-bond acceptors (Lipinski definition) is 5. The zero-order valence-electron chi connectivity index (χ0n) is 19.4. The molecule has 1 atom stereocenters. The number of anilines is 1. The van der Waals surface area contributed by atoms with Gasteiger partial charge in [-0.25, -0.2) is 9.37 Å². The molecule has 0 fully saturated rings. The molecule has 0 saturated carbocycles. The lowest BCUT2D eigenvalue weighted by Gasteiger charge is -2.16. The molecule has 0 radical (unpaired) electrons. The number of primary amides is 1. The topological polar surface area (TPSA) is 119 Å². The van der Waals surface area contributed by atoms with Crippen molar-refractivity contribution in [2.75, 3.05) is 5.32 Å². The summed E-state index contributed by atoms with van der Waals surface area (Å²) in [7, 11) is 0. The monoisotopic (exact) mass is 496 g/mol. The van der Waals surface area contributed by atoms with Crippen molar-refractivity contribution in [2.24, 2.45) is 5.73 Å². The van der Waals surface area contributed by atoms with Crippen LogP contribution in [0.2, 0.25) is 0 Å². The Morgan fingerprint density at radius 2 is 1.70 bits per heavy atom. The second-order valence-corrected chi connectivity index (χ2v) is 8.11. The van der Waals surface area contributed by atoms with Gasteiger partial charge in [0.15, 0.2) is 11.6 Å². The number of aromatic nitrogens is 2. The van der Waals surface area contributed by atoms with Crippen molar-refractivity contribution in [1.82, 2.24) is 9.97 Å². The molecule has 4 N–H and O–H groups in total. The fourth-order valence-corrected chi connectivity index (χ4v) is 3.84. The molecule has 5 rings (SSSR count). The molecule has 1 unspecified atom stereocenters. The summed E-state index contributed by atoms with van der Waals surface area (Å²) in [4.78, 5) is 32.4. The van der Waals surface area contributed by atoms with E-state index in [1.807, 2.05) is 18.2 Å². The van der Waals surface area contributed by atoms with E-state index in [9.17, 15) is 14.0 Å². The van der Waals surface area contributed by atoms with Crippen molar-refractivity contribution in [3.05, 3.63) is 109 Å². The molecule has 184 valence electrons. The van der Waals surface area contributed by atoms with Crippen molar-refractivity contribution in [1.29, 1.82) is 0 Å². The van der Waals surface area contributed by atoms with E-state index in [0.717, 1.165) is 6.07 Å². The van der Waals surface area contributed by atoms with Crippen LogP contribution in [0.25, 0.3) is 11.0 Å². The van der Waals surface area contributed by atoms with Crippen LogP contribution in [0.15, 0.2) is 97.3 Å². The average molecular weight is 496 g/mol. The third kappa shape index (κ3) is 5.25. The summed E-state index contributed by atoms with van der Waals surface area (Å²) in [6, 6.07) is 23.0. The molecule has 0 saturated heterocycles. The Labute approximate surface area is 210 Å². The van der Waals surface area contributed by atoms with Crippen molar-refractivity contribution < 1.29 is 23.5 Å². The first-order valence-corrected chi connectivity index (χ1v) is 11.3. The molecule has 0 aliphatic rings. The van der Waals surface area contributed by atoms with Crippen LogP contribution in [-0.2, 0) is 9.59 Å². The number of halogens is 1. The quantitative estimate of drug-likeness (QED) is 0.245. The van der Waals surface area contributed by atoms with Gasteiger partial charge >= 0.3 is 0 Å². The molecular weight excluding hydrogens is 475 g/mol. The number of H-pyrrole nitrogens is 1. The number of rotatable bonds is 8. The lowest BCUT2D eigenvalue weighted by atomic mass is 9.97. The first kappa shape index (κ1) is 23.6. The third-order valence-electron chi connectivity index (χ3n) is 5.56. The molecule has 2 heterocycles. The van der Waals surface area contributed by atoms with Crippen LogP contribution < -0.4 is 20.5 Å². The van der Waals surface area contributed by atoms with Crippen LogP contribution in [-0.4, -0.2) is 21.8 Å². The van der Waals surface area contributed by atoms with Gasteiger partial charge < -0.3 is 25.5 Å². The molecule has 37 heavy (non-hydrogen) atoms. The number of carbonyl (C=O) groups excluding carboxylic acids is 2. The largest absolute Gasteiger partial charge is 0.457 e. The van der Waals surface area contributed by atoms with Gasteiger partial charge in [-0.2, -0.15) is 0 Å². The predicted molar refractivity (Wildman–Crippen MR) is 136 cm³/mol. The van der Waals surface area contributed by atoms with Gasteiger partial charge in [0.25, 0.3) is 0 Å². The van der Waals surface area contributed by atoms with Gasteiger partial charge in [-0.05, 0) is 54.1 Å². The van der Waals surface area contributed by atoms with Gasteiger partial charge in [0.1, 0.15) is 28.8 Å². The first-order chi connectivity index (χ1) is 18.0. The summed E-state index contributed by atoms with van der Waals surface area (Å²) >= 11 is 0. The maximum atomic E-state index is 15.0. The van der Waals surface area contributed by atoms with E-state index in [4.69, 9.17) is 15.2 Å². The standard InChI is InChI=1S/C28H21FN4O4/c29-22-15-17(9-10-24(22)37-23-12-14-32-27-21(23)11-13-31-27)25(26(30)34)28(35)33-18-5-4-8-20(16-18)36-19-6-2-1-3-7-19/h1-16,25H,(H2,30,34)(H,31,32)(H,33,35). The van der Waals surface area contributed by atoms with Crippen molar-refractivity contribution in [3.8, 4) is 23.0 Å². The number of para-hydroxylation sites is 1. The fraction of sp³-hybridized carbons (Fsp3) is 0.0357. The summed E-state index contributed by atoms with van der Waals surface area (Å²) in [5.41, 5.74) is 6.60. The Morgan fingerprint density at radius 3 is 2.49 bits per heavy atom. The van der Waals surface area contributed by atoms with E-state index >= 15 is 0 Å². The van der Waals surface area contributed by atoms with Gasteiger partial charge in [-0.3, -0.25) is 9.59 Å². The SMILES string of the molecule is NC(=O)C(C(=O)Nc1cccc(Oc2ccccc2)c1)c1ccc(Oc2ccnc3[nH]ccc23)c(F)c1. The van der Waals surface area contributed by atoms with E-state index in [0.29, 0.717) is 34.0 Å². The number of nitrogens with one attached hydrogen (secondary N) is 2. The van der Waals surface area contributed by atoms with E-state index in [-0.39, 0.29) is 11.3 Å². The molecule has 0 aliphatic carbocycles. The fourth-order valence-electron chi connectivity index (χ4n) is 3.84. The van der Waals surface area contributed by atoms with E-state index in [2.05, 4.69) is 15.3 Å². The number of nitrogens with zero attached hydrogens (tertiary/aromatic N) is 1. The zero-order valence-corrected chi connectivity index (χ0v) is 19.4. The minimum absolute atomic E-state index is 0.0770. The number of nitrogens with two attached hydrogens (primary N) is 1. The molecule has 0 bridgehead atoms. The summed E-state index contributed by atoms with van der Waals surface area (Å²) in [6.45, 7) is 0. The average Bonchev–Trinajstić information content (AvgIpc) is 3.36. The molecular formula is C28H21FN4O4. The zero-order chi connectivity index (χ0) is 25.8. The number of benzene rings is 3. The van der Waals surface area contributed by atoms with Crippen LogP contribution in [0, 0.1) is 5.82 Å². The van der Waals surface area contributed by atoms with Crippen molar-refractivity contribution >= 4 is 28.5 Å². The van der Waals surface area contributed by atoms with Gasteiger partial charge in [0.05, 0.1) is 5.39 Å². The maximum Gasteiger partial charge on any atom is 0.241 e. The number of fused-ring (bicyclic) bond motifs is 1. The van der Waals surface area contributed by atoms with Crippen LogP contribution in [0.1, 0.15) is 11.5 Å². The van der Waals surface area contributed by atoms with E-state index < -0.39 is 23.5 Å². The molecule has 0 aliphatic heterocycles. The second-order valence-electron chi connectivity index (χ2n) is 8.11. The van der Waals surface area contributed by atoms with Crippen molar-refractivity contribution in [2.45, 2.75) is 5.92 Å². The predicted octanol–water partition coefficient (Wildman–Crippen LogP) is 5.49. The maximum absolute atomic E-state index is 15.0. The number of amides is 2. The smallest absolute Gasteiger partial charge is 0.241 e. The highest BCUT2D eigenvalue weighted by molar-refractivity contribution is 6.10. The molecule has 9 heteroatoms. The van der Waals surface area contributed by atoms with Gasteiger partial charge in [-0.1, -0.05) is 30.3 Å². The number of aromatic amines is 1. The highest BCUT2D eigenvalue weighted by Gasteiger charge is 2.28. The lowest BCUT2D eigenvalue weighted by molar-refractivity contribution is -0.127. The molecule has 8 nitrogen and oxygen atoms in total. The number of hydrogen-bond donors (Lipinski definition) is 3. The highest BCUT2D eigenvalue weighted by atomic mass is 19.1. The van der Waals surface area contributed by atoms with Crippen molar-refractivity contribution in [3.63, 3.8) is 0 Å². The van der Waals surface area contributed by atoms with Gasteiger partial charge in [0, 0.05) is 24.1 Å². The molecule has 5 aromatic rings. The second kappa shape index (κ2) is 10.2. The lowest BCUT2D eigenvalue weighted by Crippen LogP contribution is -2.32. The number of ether oxygens (including phenoxy) is 2. The Bertz CT molecular complexity index is 1590. The molecule has 0 spiro atoms. The molecule has 3 aromatic carbocycles. The Balaban J connectivity index is 1.34. The first-order valence-electron chi connectivity index (χ1n) is 11.3. The Morgan fingerprint density at radius 1 is 0.892 bits per heavy atom. The van der Waals surface area contributed by atoms with Gasteiger partial charge in [-0.15, -0.1) is 0 Å². The van der Waals surface area contributed by atoms with Crippen LogP contribution in [0.3, 0.4) is 0 Å². The summed E-state index contributed by atoms with van der Waals surface area (Å²) in [6.07, 6.45) is 3.23. The van der Waals surface area contributed by atoms with Crippen LogP contribution in [0.4, 0.5) is 10.1 Å². The number of pyridine rings is 1. The number of carbonyl (C=O) groups is 2. The minimum Gasteiger partial charge on any atom is -0.457 e.